The highest BCUT2D eigenvalue weighted by atomic mass is 16.5. The summed E-state index contributed by atoms with van der Waals surface area (Å²) in [7, 11) is 1.72. The Labute approximate surface area is 120 Å². The van der Waals surface area contributed by atoms with Crippen molar-refractivity contribution < 1.29 is 4.74 Å². The van der Waals surface area contributed by atoms with Crippen LogP contribution in [0, 0.1) is 0 Å². The lowest BCUT2D eigenvalue weighted by atomic mass is 10.1. The number of methoxy groups -OCH3 is 1. The normalized spacial score (nSPS) is 10.8. The van der Waals surface area contributed by atoms with Gasteiger partial charge in [0.1, 0.15) is 0 Å². The van der Waals surface area contributed by atoms with Gasteiger partial charge in [0.2, 0.25) is 0 Å². The summed E-state index contributed by atoms with van der Waals surface area (Å²) >= 11 is 0. The Morgan fingerprint density at radius 3 is 2.65 bits per heavy atom. The molecule has 2 rings (SSSR count). The van der Waals surface area contributed by atoms with Crippen LogP contribution in [0.4, 0.5) is 0 Å². The second-order valence-electron chi connectivity index (χ2n) is 4.93. The fourth-order valence-electron chi connectivity index (χ4n) is 2.12. The van der Waals surface area contributed by atoms with E-state index in [1.807, 2.05) is 18.7 Å². The molecule has 0 saturated carbocycles. The zero-order valence-corrected chi connectivity index (χ0v) is 12.1. The van der Waals surface area contributed by atoms with Gasteiger partial charge in [-0.2, -0.15) is 0 Å². The van der Waals surface area contributed by atoms with Gasteiger partial charge in [-0.1, -0.05) is 24.3 Å². The lowest BCUT2D eigenvalue weighted by Gasteiger charge is -2.06. The summed E-state index contributed by atoms with van der Waals surface area (Å²) in [6.07, 6.45) is 8.06. The number of aromatic nitrogens is 2. The first-order valence-corrected chi connectivity index (χ1v) is 7.11. The van der Waals surface area contributed by atoms with E-state index in [-0.39, 0.29) is 0 Å². The molecule has 2 aromatic rings. The van der Waals surface area contributed by atoms with Gasteiger partial charge in [-0.25, -0.2) is 4.98 Å². The molecule has 0 aliphatic heterocycles. The van der Waals surface area contributed by atoms with E-state index < -0.39 is 0 Å². The third-order valence-electron chi connectivity index (χ3n) is 3.24. The minimum Gasteiger partial charge on any atom is -0.380 e. The van der Waals surface area contributed by atoms with Crippen molar-refractivity contribution in [2.45, 2.75) is 32.5 Å². The maximum atomic E-state index is 5.10. The van der Waals surface area contributed by atoms with Crippen molar-refractivity contribution in [1.29, 1.82) is 0 Å². The minimum atomic E-state index is 0.682. The Balaban J connectivity index is 1.56. The van der Waals surface area contributed by atoms with Crippen molar-refractivity contribution >= 4 is 0 Å². The molecule has 1 aromatic carbocycles. The maximum Gasteiger partial charge on any atom is 0.0945 e. The third kappa shape index (κ3) is 5.15. The first-order chi connectivity index (χ1) is 9.88. The summed E-state index contributed by atoms with van der Waals surface area (Å²) in [5, 5.41) is 3.48. The molecule has 4 nitrogen and oxygen atoms in total. The average Bonchev–Trinajstić information content (AvgIpc) is 2.98. The Bertz CT molecular complexity index is 465. The SMILES string of the molecule is COCc1ccc(CNCCCCn2ccnc2)cc1. The molecule has 0 radical (unpaired) electrons. The van der Waals surface area contributed by atoms with E-state index in [1.165, 1.54) is 24.0 Å². The van der Waals surface area contributed by atoms with E-state index >= 15 is 0 Å². The predicted octanol–water partition coefficient (Wildman–Crippen LogP) is 2.60. The van der Waals surface area contributed by atoms with Crippen LogP contribution in [0.5, 0.6) is 0 Å². The molecule has 0 aliphatic rings. The molecular weight excluding hydrogens is 250 g/mol. The van der Waals surface area contributed by atoms with E-state index in [9.17, 15) is 0 Å². The molecule has 4 heteroatoms. The molecule has 0 fully saturated rings. The number of unbranched alkanes of at least 4 members (excludes halogenated alkanes) is 1. The minimum absolute atomic E-state index is 0.682. The molecule has 0 unspecified atom stereocenters. The number of ether oxygens (including phenoxy) is 1. The lowest BCUT2D eigenvalue weighted by molar-refractivity contribution is 0.185. The molecule has 1 aromatic heterocycles. The van der Waals surface area contributed by atoms with Crippen LogP contribution in [0.3, 0.4) is 0 Å². The highest BCUT2D eigenvalue weighted by Gasteiger charge is 1.95. The van der Waals surface area contributed by atoms with Gasteiger partial charge in [0, 0.05) is 32.6 Å². The van der Waals surface area contributed by atoms with Gasteiger partial charge >= 0.3 is 0 Å². The first kappa shape index (κ1) is 14.8. The summed E-state index contributed by atoms with van der Waals surface area (Å²) in [4.78, 5) is 4.04. The number of imidazole rings is 1. The van der Waals surface area contributed by atoms with Gasteiger partial charge in [0.15, 0.2) is 0 Å². The van der Waals surface area contributed by atoms with Gasteiger partial charge in [0.25, 0.3) is 0 Å². The zero-order chi connectivity index (χ0) is 14.0. The number of rotatable bonds is 9. The van der Waals surface area contributed by atoms with Crippen LogP contribution in [-0.2, 0) is 24.4 Å². The van der Waals surface area contributed by atoms with E-state index in [2.05, 4.69) is 39.1 Å². The summed E-state index contributed by atoms with van der Waals surface area (Å²) in [5.74, 6) is 0. The van der Waals surface area contributed by atoms with Crippen molar-refractivity contribution in [1.82, 2.24) is 14.9 Å². The molecule has 0 spiro atoms. The van der Waals surface area contributed by atoms with E-state index in [0.29, 0.717) is 6.61 Å². The first-order valence-electron chi connectivity index (χ1n) is 7.11. The second kappa shape index (κ2) is 8.51. The van der Waals surface area contributed by atoms with Crippen LogP contribution >= 0.6 is 0 Å². The summed E-state index contributed by atoms with van der Waals surface area (Å²) in [5.41, 5.74) is 2.54. The van der Waals surface area contributed by atoms with E-state index in [1.54, 1.807) is 7.11 Å². The zero-order valence-electron chi connectivity index (χ0n) is 12.1. The van der Waals surface area contributed by atoms with Gasteiger partial charge in [-0.05, 0) is 30.5 Å². The van der Waals surface area contributed by atoms with Crippen LogP contribution in [-0.4, -0.2) is 23.2 Å². The molecule has 108 valence electrons. The van der Waals surface area contributed by atoms with Crippen LogP contribution in [0.1, 0.15) is 24.0 Å². The van der Waals surface area contributed by atoms with Gasteiger partial charge in [-0.15, -0.1) is 0 Å². The van der Waals surface area contributed by atoms with Crippen molar-refractivity contribution in [3.63, 3.8) is 0 Å². The van der Waals surface area contributed by atoms with Gasteiger partial charge in [-0.3, -0.25) is 0 Å². The fourth-order valence-corrected chi connectivity index (χ4v) is 2.12. The van der Waals surface area contributed by atoms with E-state index in [0.717, 1.165) is 19.6 Å². The van der Waals surface area contributed by atoms with Crippen LogP contribution in [0.2, 0.25) is 0 Å². The summed E-state index contributed by atoms with van der Waals surface area (Å²) in [6.45, 7) is 3.71. The molecular formula is C16H23N3O. The number of nitrogens with one attached hydrogen (secondary N) is 1. The molecule has 1 heterocycles. The van der Waals surface area contributed by atoms with Crippen LogP contribution < -0.4 is 5.32 Å². The molecule has 0 bridgehead atoms. The summed E-state index contributed by atoms with van der Waals surface area (Å²) < 4.78 is 7.22. The molecule has 0 amide bonds. The molecule has 0 saturated heterocycles. The summed E-state index contributed by atoms with van der Waals surface area (Å²) in [6, 6.07) is 8.57. The molecule has 0 aliphatic carbocycles. The Hall–Kier alpha value is -1.65. The van der Waals surface area contributed by atoms with Crippen LogP contribution in [0.15, 0.2) is 43.0 Å². The Morgan fingerprint density at radius 2 is 1.95 bits per heavy atom. The monoisotopic (exact) mass is 273 g/mol. The Morgan fingerprint density at radius 1 is 1.15 bits per heavy atom. The van der Waals surface area contributed by atoms with E-state index in [4.69, 9.17) is 4.74 Å². The largest absolute Gasteiger partial charge is 0.380 e. The fraction of sp³-hybridized carbons (Fsp3) is 0.438. The van der Waals surface area contributed by atoms with Crippen LogP contribution in [0.25, 0.3) is 0 Å². The maximum absolute atomic E-state index is 5.10. The number of aryl methyl sites for hydroxylation is 1. The number of hydrogen-bond acceptors (Lipinski definition) is 3. The van der Waals surface area contributed by atoms with Gasteiger partial charge in [0.05, 0.1) is 12.9 Å². The predicted molar refractivity (Wildman–Crippen MR) is 80.3 cm³/mol. The highest BCUT2D eigenvalue weighted by molar-refractivity contribution is 5.21. The number of nitrogens with zero attached hydrogens (tertiary/aromatic N) is 2. The van der Waals surface area contributed by atoms with Gasteiger partial charge < -0.3 is 14.6 Å². The van der Waals surface area contributed by atoms with Crippen molar-refractivity contribution in [2.24, 2.45) is 0 Å². The van der Waals surface area contributed by atoms with Crippen molar-refractivity contribution in [3.05, 3.63) is 54.1 Å². The average molecular weight is 273 g/mol. The van der Waals surface area contributed by atoms with Crippen molar-refractivity contribution in [2.75, 3.05) is 13.7 Å². The molecule has 20 heavy (non-hydrogen) atoms. The topological polar surface area (TPSA) is 39.1 Å². The number of hydrogen-bond donors (Lipinski definition) is 1. The number of benzene rings is 1. The molecule has 0 atom stereocenters. The molecule has 1 N–H and O–H groups in total. The standard InChI is InChI=1S/C16H23N3O/c1-20-13-16-6-4-15(5-7-16)12-17-8-2-3-10-19-11-9-18-14-19/h4-7,9,11,14,17H,2-3,8,10,12-13H2,1H3. The highest BCUT2D eigenvalue weighted by Crippen LogP contribution is 2.05. The smallest absolute Gasteiger partial charge is 0.0945 e. The third-order valence-corrected chi connectivity index (χ3v) is 3.24. The quantitative estimate of drug-likeness (QED) is 0.714. The lowest BCUT2D eigenvalue weighted by Crippen LogP contribution is -2.15. The second-order valence-corrected chi connectivity index (χ2v) is 4.93. The van der Waals surface area contributed by atoms with Crippen molar-refractivity contribution in [3.8, 4) is 0 Å². The Kier molecular flexibility index (Phi) is 6.27.